The highest BCUT2D eigenvalue weighted by atomic mass is 16.7. The third kappa shape index (κ3) is 3.76. The molecule has 0 aliphatic rings. The fraction of sp³-hybridized carbons (Fsp3) is 0.188. The third-order valence-electron chi connectivity index (χ3n) is 2.92. The number of hydrogen-bond donors (Lipinski definition) is 1. The molecule has 0 fully saturated rings. The summed E-state index contributed by atoms with van der Waals surface area (Å²) in [7, 11) is 4.29. The fourth-order valence-electron chi connectivity index (χ4n) is 1.85. The molecule has 122 valence electrons. The Kier molecular flexibility index (Phi) is 5.14. The smallest absolute Gasteiger partial charge is 0.504 e. The third-order valence-corrected chi connectivity index (χ3v) is 2.92. The molecule has 0 unspecified atom stereocenters. The molecule has 1 N–H and O–H groups in total. The van der Waals surface area contributed by atoms with Crippen LogP contribution in [0.25, 0.3) is 0 Å². The van der Waals surface area contributed by atoms with Gasteiger partial charge in [0, 0.05) is 6.07 Å². The minimum Gasteiger partial charge on any atom is -0.504 e. The van der Waals surface area contributed by atoms with Gasteiger partial charge in [0.1, 0.15) is 5.75 Å². The van der Waals surface area contributed by atoms with Gasteiger partial charge in [-0.05, 0) is 24.3 Å². The maximum atomic E-state index is 11.9. The molecule has 0 spiro atoms. The van der Waals surface area contributed by atoms with Gasteiger partial charge in [-0.15, -0.1) is 0 Å². The fourth-order valence-corrected chi connectivity index (χ4v) is 1.85. The van der Waals surface area contributed by atoms with Crippen molar-refractivity contribution in [1.82, 2.24) is 0 Å². The molecule has 0 bridgehead atoms. The second kappa shape index (κ2) is 7.26. The Morgan fingerprint density at radius 2 is 1.48 bits per heavy atom. The molecule has 0 saturated carbocycles. The van der Waals surface area contributed by atoms with E-state index in [-0.39, 0.29) is 23.0 Å². The molecule has 0 saturated heterocycles. The highest BCUT2D eigenvalue weighted by Gasteiger charge is 2.17. The van der Waals surface area contributed by atoms with Crippen LogP contribution in [-0.2, 0) is 0 Å². The highest BCUT2D eigenvalue weighted by molar-refractivity contribution is 5.70. The van der Waals surface area contributed by atoms with Crippen molar-refractivity contribution in [3.8, 4) is 34.5 Å². The van der Waals surface area contributed by atoms with E-state index < -0.39 is 6.16 Å². The van der Waals surface area contributed by atoms with Gasteiger partial charge >= 0.3 is 6.16 Å². The van der Waals surface area contributed by atoms with Crippen molar-refractivity contribution in [2.24, 2.45) is 0 Å². The Bertz CT molecular complexity index is 675. The average molecular weight is 320 g/mol. The average Bonchev–Trinajstić information content (AvgIpc) is 2.55. The van der Waals surface area contributed by atoms with Crippen molar-refractivity contribution in [3.05, 3.63) is 36.4 Å². The number of rotatable bonds is 5. The number of para-hydroxylation sites is 1. The molecule has 0 amide bonds. The normalized spacial score (nSPS) is 9.87. The number of phenolic OH excluding ortho intramolecular Hbond substituents is 1. The number of benzene rings is 2. The summed E-state index contributed by atoms with van der Waals surface area (Å²) in [5.74, 6) is 0.935. The maximum absolute atomic E-state index is 11.9. The quantitative estimate of drug-likeness (QED) is 0.669. The van der Waals surface area contributed by atoms with Crippen molar-refractivity contribution in [1.29, 1.82) is 0 Å². The van der Waals surface area contributed by atoms with E-state index >= 15 is 0 Å². The lowest BCUT2D eigenvalue weighted by Crippen LogP contribution is -2.14. The summed E-state index contributed by atoms with van der Waals surface area (Å²) in [6, 6.07) is 9.08. The van der Waals surface area contributed by atoms with Crippen LogP contribution in [0.1, 0.15) is 0 Å². The molecule has 0 atom stereocenters. The molecule has 0 aromatic heterocycles. The standard InChI is InChI=1S/C16H16O7/c1-19-12-8-7-10(9-11(12)17)22-16(18)23-15-13(20-2)5-4-6-14(15)21-3/h4-9,17H,1-3H3. The van der Waals surface area contributed by atoms with Crippen molar-refractivity contribution in [3.63, 3.8) is 0 Å². The second-order valence-corrected chi connectivity index (χ2v) is 4.28. The zero-order chi connectivity index (χ0) is 16.8. The van der Waals surface area contributed by atoms with E-state index in [1.54, 1.807) is 18.2 Å². The molecule has 7 nitrogen and oxygen atoms in total. The van der Waals surface area contributed by atoms with Crippen LogP contribution in [-0.4, -0.2) is 32.6 Å². The van der Waals surface area contributed by atoms with E-state index in [2.05, 4.69) is 0 Å². The van der Waals surface area contributed by atoms with Crippen LogP contribution >= 0.6 is 0 Å². The summed E-state index contributed by atoms with van der Waals surface area (Å²) in [6.07, 6.45) is -1.00. The van der Waals surface area contributed by atoms with Crippen molar-refractivity contribution in [2.45, 2.75) is 0 Å². The molecular weight excluding hydrogens is 304 g/mol. The van der Waals surface area contributed by atoms with Crippen LogP contribution in [0.3, 0.4) is 0 Å². The highest BCUT2D eigenvalue weighted by Crippen LogP contribution is 2.37. The van der Waals surface area contributed by atoms with Gasteiger partial charge in [-0.1, -0.05) is 6.07 Å². The first-order valence-corrected chi connectivity index (χ1v) is 6.56. The zero-order valence-electron chi connectivity index (χ0n) is 12.9. The lowest BCUT2D eigenvalue weighted by Gasteiger charge is -2.12. The van der Waals surface area contributed by atoms with Crippen LogP contribution in [0, 0.1) is 0 Å². The molecule has 0 radical (unpaired) electrons. The molecule has 7 heteroatoms. The predicted molar refractivity (Wildman–Crippen MR) is 80.9 cm³/mol. The number of methoxy groups -OCH3 is 3. The summed E-state index contributed by atoms with van der Waals surface area (Å²) < 4.78 is 25.3. The van der Waals surface area contributed by atoms with Crippen LogP contribution in [0.4, 0.5) is 4.79 Å². The van der Waals surface area contributed by atoms with Crippen molar-refractivity contribution < 1.29 is 33.6 Å². The largest absolute Gasteiger partial charge is 0.519 e. The number of phenols is 1. The first-order valence-electron chi connectivity index (χ1n) is 6.56. The van der Waals surface area contributed by atoms with Gasteiger partial charge in [0.2, 0.25) is 5.75 Å². The topological polar surface area (TPSA) is 83.5 Å². The van der Waals surface area contributed by atoms with Crippen molar-refractivity contribution >= 4 is 6.16 Å². The van der Waals surface area contributed by atoms with E-state index in [1.807, 2.05) is 0 Å². The van der Waals surface area contributed by atoms with Crippen LogP contribution in [0.5, 0.6) is 34.5 Å². The van der Waals surface area contributed by atoms with Crippen molar-refractivity contribution in [2.75, 3.05) is 21.3 Å². The Hall–Kier alpha value is -3.09. The number of ether oxygens (including phenoxy) is 5. The number of aromatic hydroxyl groups is 1. The number of carbonyl (C=O) groups is 1. The van der Waals surface area contributed by atoms with Gasteiger partial charge in [-0.2, -0.15) is 0 Å². The molecule has 2 rings (SSSR count). The number of carbonyl (C=O) groups excluding carboxylic acids is 1. The van der Waals surface area contributed by atoms with Gasteiger partial charge in [-0.25, -0.2) is 4.79 Å². The van der Waals surface area contributed by atoms with Crippen LogP contribution < -0.4 is 23.7 Å². The molecular formula is C16H16O7. The van der Waals surface area contributed by atoms with E-state index in [4.69, 9.17) is 23.7 Å². The minimum atomic E-state index is -1.00. The molecule has 0 aliphatic heterocycles. The van der Waals surface area contributed by atoms with Crippen LogP contribution in [0.15, 0.2) is 36.4 Å². The number of hydrogen-bond acceptors (Lipinski definition) is 7. The second-order valence-electron chi connectivity index (χ2n) is 4.28. The van der Waals surface area contributed by atoms with E-state index in [9.17, 15) is 9.90 Å². The zero-order valence-corrected chi connectivity index (χ0v) is 12.9. The summed E-state index contributed by atoms with van der Waals surface area (Å²) >= 11 is 0. The van der Waals surface area contributed by atoms with Gasteiger partial charge in [0.25, 0.3) is 0 Å². The lowest BCUT2D eigenvalue weighted by atomic mass is 10.3. The first-order chi connectivity index (χ1) is 11.1. The van der Waals surface area contributed by atoms with Crippen LogP contribution in [0.2, 0.25) is 0 Å². The van der Waals surface area contributed by atoms with Gasteiger partial charge in [-0.3, -0.25) is 0 Å². The summed E-state index contributed by atoms with van der Waals surface area (Å²) in [4.78, 5) is 11.9. The molecule has 2 aromatic rings. The monoisotopic (exact) mass is 320 g/mol. The Labute approximate surface area is 132 Å². The minimum absolute atomic E-state index is 0.0974. The van der Waals surface area contributed by atoms with E-state index in [1.165, 1.54) is 39.5 Å². The van der Waals surface area contributed by atoms with E-state index in [0.29, 0.717) is 11.5 Å². The molecule has 0 heterocycles. The Morgan fingerprint density at radius 3 is 2.00 bits per heavy atom. The first kappa shape index (κ1) is 16.3. The Balaban J connectivity index is 2.15. The summed E-state index contributed by atoms with van der Waals surface area (Å²) in [5, 5.41) is 9.66. The summed E-state index contributed by atoms with van der Waals surface area (Å²) in [5.41, 5.74) is 0. The maximum Gasteiger partial charge on any atom is 0.519 e. The molecule has 0 aliphatic carbocycles. The van der Waals surface area contributed by atoms with Gasteiger partial charge in [0.05, 0.1) is 21.3 Å². The molecule has 2 aromatic carbocycles. The SMILES string of the molecule is COc1ccc(OC(=O)Oc2c(OC)cccc2OC)cc1O. The Morgan fingerprint density at radius 1 is 0.870 bits per heavy atom. The lowest BCUT2D eigenvalue weighted by molar-refractivity contribution is 0.148. The van der Waals surface area contributed by atoms with Gasteiger partial charge < -0.3 is 28.8 Å². The molecule has 23 heavy (non-hydrogen) atoms. The van der Waals surface area contributed by atoms with E-state index in [0.717, 1.165) is 0 Å². The van der Waals surface area contributed by atoms with Gasteiger partial charge in [0.15, 0.2) is 23.0 Å². The predicted octanol–water partition coefficient (Wildman–Crippen LogP) is 3.00. The summed E-state index contributed by atoms with van der Waals surface area (Å²) in [6.45, 7) is 0.